The van der Waals surface area contributed by atoms with Crippen LogP contribution in [0.25, 0.3) is 0 Å². The number of amides is 3. The Kier molecular flexibility index (Phi) is 6.93. The number of fused-ring (bicyclic) bond motifs is 1. The molecule has 170 valence electrons. The fourth-order valence-electron chi connectivity index (χ4n) is 3.55. The summed E-state index contributed by atoms with van der Waals surface area (Å²) in [6.45, 7) is 1.51. The molecule has 3 amide bonds. The van der Waals surface area contributed by atoms with Crippen molar-refractivity contribution in [3.63, 3.8) is 0 Å². The third-order valence-corrected chi connectivity index (χ3v) is 7.18. The summed E-state index contributed by atoms with van der Waals surface area (Å²) in [5.41, 5.74) is 0.758. The smallest absolute Gasteiger partial charge is 0.269 e. The molecule has 1 unspecified atom stereocenters. The molecule has 1 atom stereocenters. The van der Waals surface area contributed by atoms with Gasteiger partial charge in [-0.2, -0.15) is 0 Å². The van der Waals surface area contributed by atoms with Crippen molar-refractivity contribution in [3.8, 4) is 0 Å². The lowest BCUT2D eigenvalue weighted by Gasteiger charge is -2.28. The first-order valence-electron chi connectivity index (χ1n) is 10.1. The van der Waals surface area contributed by atoms with Crippen LogP contribution in [-0.4, -0.2) is 55.0 Å². The van der Waals surface area contributed by atoms with Crippen molar-refractivity contribution < 1.29 is 27.2 Å². The number of rotatable bonds is 8. The molecule has 0 saturated heterocycles. The Bertz CT molecular complexity index is 1130. The van der Waals surface area contributed by atoms with Crippen molar-refractivity contribution in [1.29, 1.82) is 0 Å². The summed E-state index contributed by atoms with van der Waals surface area (Å²) in [6, 6.07) is 10.8. The average Bonchev–Trinajstić information content (AvgIpc) is 2.98. The van der Waals surface area contributed by atoms with Crippen LogP contribution in [0.2, 0.25) is 0 Å². The lowest BCUT2D eigenvalue weighted by Crippen LogP contribution is -2.46. The Morgan fingerprint density at radius 1 is 1.12 bits per heavy atom. The minimum atomic E-state index is -3.94. The predicted octanol–water partition coefficient (Wildman–Crippen LogP) is 1.91. The normalized spacial score (nSPS) is 15.2. The van der Waals surface area contributed by atoms with Crippen LogP contribution in [0.15, 0.2) is 53.4 Å². The van der Waals surface area contributed by atoms with E-state index >= 15 is 0 Å². The van der Waals surface area contributed by atoms with Gasteiger partial charge in [0, 0.05) is 26.6 Å². The standard InChI is InChI=1S/C22H24FN3O5S/c1-15(21(28)24-2)25(14-16-9-11-17(23)12-10-16)20(27)8-5-13-26-22(29)18-6-3-4-7-19(18)32(26,30)31/h3-4,6-7,9-12,15H,5,8,13-14H2,1-2H3,(H,24,28). The van der Waals surface area contributed by atoms with Gasteiger partial charge in [-0.3, -0.25) is 14.4 Å². The van der Waals surface area contributed by atoms with Gasteiger partial charge < -0.3 is 10.2 Å². The van der Waals surface area contributed by atoms with Crippen LogP contribution in [0.3, 0.4) is 0 Å². The highest BCUT2D eigenvalue weighted by atomic mass is 32.2. The summed E-state index contributed by atoms with van der Waals surface area (Å²) >= 11 is 0. The van der Waals surface area contributed by atoms with Crippen LogP contribution in [0, 0.1) is 5.82 Å². The number of carbonyl (C=O) groups excluding carboxylic acids is 3. The molecule has 0 saturated carbocycles. The van der Waals surface area contributed by atoms with Gasteiger partial charge in [-0.05, 0) is 43.2 Å². The first-order valence-corrected chi connectivity index (χ1v) is 11.5. The van der Waals surface area contributed by atoms with E-state index in [1.807, 2.05) is 0 Å². The van der Waals surface area contributed by atoms with Gasteiger partial charge >= 0.3 is 0 Å². The number of nitrogens with zero attached hydrogens (tertiary/aromatic N) is 2. The molecule has 1 aliphatic rings. The van der Waals surface area contributed by atoms with Crippen LogP contribution >= 0.6 is 0 Å². The number of hydrogen-bond acceptors (Lipinski definition) is 5. The number of likely N-dealkylation sites (N-methyl/N-ethyl adjacent to an activating group) is 1. The number of sulfonamides is 1. The molecule has 2 aromatic rings. The number of carbonyl (C=O) groups is 3. The predicted molar refractivity (Wildman–Crippen MR) is 114 cm³/mol. The zero-order valence-electron chi connectivity index (χ0n) is 17.7. The molecule has 2 aromatic carbocycles. The number of nitrogens with one attached hydrogen (secondary N) is 1. The van der Waals surface area contributed by atoms with E-state index < -0.39 is 27.8 Å². The highest BCUT2D eigenvalue weighted by molar-refractivity contribution is 7.90. The second-order valence-corrected chi connectivity index (χ2v) is 9.25. The van der Waals surface area contributed by atoms with Crippen molar-refractivity contribution in [3.05, 3.63) is 65.5 Å². The topological polar surface area (TPSA) is 104 Å². The fraction of sp³-hybridized carbons (Fsp3) is 0.318. The van der Waals surface area contributed by atoms with Gasteiger partial charge in [0.1, 0.15) is 16.8 Å². The van der Waals surface area contributed by atoms with Gasteiger partial charge in [-0.25, -0.2) is 17.1 Å². The Hall–Kier alpha value is -3.27. The average molecular weight is 462 g/mol. The van der Waals surface area contributed by atoms with Crippen LogP contribution in [0.1, 0.15) is 35.7 Å². The molecule has 32 heavy (non-hydrogen) atoms. The molecule has 10 heteroatoms. The quantitative estimate of drug-likeness (QED) is 0.647. The van der Waals surface area contributed by atoms with Gasteiger partial charge in [-0.15, -0.1) is 0 Å². The van der Waals surface area contributed by atoms with Crippen molar-refractivity contribution in [2.45, 2.75) is 37.2 Å². The number of hydrogen-bond donors (Lipinski definition) is 1. The molecule has 8 nitrogen and oxygen atoms in total. The molecule has 0 spiro atoms. The van der Waals surface area contributed by atoms with Crippen LogP contribution in [-0.2, 0) is 26.2 Å². The third kappa shape index (κ3) is 4.64. The van der Waals surface area contributed by atoms with Crippen molar-refractivity contribution in [2.24, 2.45) is 0 Å². The summed E-state index contributed by atoms with van der Waals surface area (Å²) in [6.07, 6.45) is 0.0242. The maximum atomic E-state index is 13.2. The molecule has 1 N–H and O–H groups in total. The first kappa shape index (κ1) is 23.4. The Labute approximate surface area is 186 Å². The minimum Gasteiger partial charge on any atom is -0.357 e. The van der Waals surface area contributed by atoms with Gasteiger partial charge in [0.25, 0.3) is 15.9 Å². The van der Waals surface area contributed by atoms with E-state index in [4.69, 9.17) is 0 Å². The van der Waals surface area contributed by atoms with Crippen LogP contribution in [0.5, 0.6) is 0 Å². The number of benzene rings is 2. The zero-order valence-corrected chi connectivity index (χ0v) is 18.6. The fourth-order valence-corrected chi connectivity index (χ4v) is 5.16. The van der Waals surface area contributed by atoms with E-state index in [1.54, 1.807) is 19.1 Å². The molecule has 0 aliphatic carbocycles. The van der Waals surface area contributed by atoms with E-state index in [9.17, 15) is 27.2 Å². The minimum absolute atomic E-state index is 0.0394. The van der Waals surface area contributed by atoms with E-state index in [0.717, 1.165) is 4.31 Å². The molecule has 0 radical (unpaired) electrons. The molecular weight excluding hydrogens is 437 g/mol. The molecular formula is C22H24FN3O5S. The molecule has 1 heterocycles. The van der Waals surface area contributed by atoms with E-state index in [2.05, 4.69) is 5.32 Å². The van der Waals surface area contributed by atoms with Crippen LogP contribution < -0.4 is 5.32 Å². The van der Waals surface area contributed by atoms with Gasteiger partial charge in [0.15, 0.2) is 0 Å². The molecule has 0 aromatic heterocycles. The van der Waals surface area contributed by atoms with E-state index in [1.165, 1.54) is 48.3 Å². The summed E-state index contributed by atoms with van der Waals surface area (Å²) in [7, 11) is -2.48. The van der Waals surface area contributed by atoms with Crippen molar-refractivity contribution in [1.82, 2.24) is 14.5 Å². The summed E-state index contributed by atoms with van der Waals surface area (Å²) < 4.78 is 39.3. The first-order chi connectivity index (χ1) is 15.2. The molecule has 0 bridgehead atoms. The lowest BCUT2D eigenvalue weighted by atomic mass is 10.1. The Balaban J connectivity index is 1.69. The molecule has 0 fully saturated rings. The van der Waals surface area contributed by atoms with E-state index in [0.29, 0.717) is 5.56 Å². The SMILES string of the molecule is CNC(=O)C(C)N(Cc1ccc(F)cc1)C(=O)CCCN1C(=O)c2ccccc2S1(=O)=O. The molecule has 3 rings (SSSR count). The maximum Gasteiger partial charge on any atom is 0.269 e. The summed E-state index contributed by atoms with van der Waals surface area (Å²) in [4.78, 5) is 38.9. The van der Waals surface area contributed by atoms with Gasteiger partial charge in [-0.1, -0.05) is 24.3 Å². The monoisotopic (exact) mass is 461 g/mol. The zero-order chi connectivity index (χ0) is 23.5. The van der Waals surface area contributed by atoms with Gasteiger partial charge in [0.05, 0.1) is 5.56 Å². The van der Waals surface area contributed by atoms with Crippen molar-refractivity contribution >= 4 is 27.7 Å². The lowest BCUT2D eigenvalue weighted by molar-refractivity contribution is -0.140. The largest absolute Gasteiger partial charge is 0.357 e. The third-order valence-electron chi connectivity index (χ3n) is 5.34. The second kappa shape index (κ2) is 9.47. The Morgan fingerprint density at radius 3 is 2.41 bits per heavy atom. The van der Waals surface area contributed by atoms with Crippen LogP contribution in [0.4, 0.5) is 4.39 Å². The number of halogens is 1. The maximum absolute atomic E-state index is 13.2. The Morgan fingerprint density at radius 2 is 1.78 bits per heavy atom. The highest BCUT2D eigenvalue weighted by Gasteiger charge is 2.40. The second-order valence-electron chi connectivity index (χ2n) is 7.42. The van der Waals surface area contributed by atoms with E-state index in [-0.39, 0.29) is 48.2 Å². The highest BCUT2D eigenvalue weighted by Crippen LogP contribution is 2.30. The summed E-state index contributed by atoms with van der Waals surface area (Å²) in [5.74, 6) is -1.78. The van der Waals surface area contributed by atoms with Crippen molar-refractivity contribution in [2.75, 3.05) is 13.6 Å². The molecule has 1 aliphatic heterocycles. The van der Waals surface area contributed by atoms with Gasteiger partial charge in [0.2, 0.25) is 11.8 Å². The summed E-state index contributed by atoms with van der Waals surface area (Å²) in [5, 5.41) is 2.50.